The molecule has 0 saturated heterocycles. The van der Waals surface area contributed by atoms with Crippen molar-refractivity contribution in [2.24, 2.45) is 5.92 Å². The third kappa shape index (κ3) is 9.73. The SMILES string of the molecule is COCN(CCC(C)C)Cc1cccc(CCNC(O)Cc2ccc(O)c3[nH]c(=O)sc23)c1.Cl.Cl. The number of phenolic OH excluding ortho intramolecular Hbond substituents is 1. The summed E-state index contributed by atoms with van der Waals surface area (Å²) in [5.41, 5.74) is 3.72. The van der Waals surface area contributed by atoms with Gasteiger partial charge in [-0.25, -0.2) is 0 Å². The van der Waals surface area contributed by atoms with Gasteiger partial charge < -0.3 is 19.9 Å². The fourth-order valence-electron chi connectivity index (χ4n) is 3.85. The smallest absolute Gasteiger partial charge is 0.305 e. The van der Waals surface area contributed by atoms with E-state index >= 15 is 0 Å². The number of aliphatic hydroxyl groups is 1. The first-order valence-electron chi connectivity index (χ1n) is 11.4. The summed E-state index contributed by atoms with van der Waals surface area (Å²) in [4.78, 5) is 16.4. The van der Waals surface area contributed by atoms with Crippen LogP contribution < -0.4 is 10.2 Å². The van der Waals surface area contributed by atoms with Gasteiger partial charge in [0.2, 0.25) is 0 Å². The molecule has 10 heteroatoms. The number of phenols is 1. The average Bonchev–Trinajstić information content (AvgIpc) is 3.17. The molecule has 0 saturated carbocycles. The minimum atomic E-state index is -0.744. The van der Waals surface area contributed by atoms with E-state index in [2.05, 4.69) is 53.3 Å². The van der Waals surface area contributed by atoms with Gasteiger partial charge in [-0.1, -0.05) is 55.5 Å². The molecule has 1 heterocycles. The zero-order chi connectivity index (χ0) is 23.8. The molecule has 0 aliphatic rings. The van der Waals surface area contributed by atoms with E-state index in [0.717, 1.165) is 42.8 Å². The summed E-state index contributed by atoms with van der Waals surface area (Å²) < 4.78 is 6.06. The molecule has 196 valence electrons. The van der Waals surface area contributed by atoms with E-state index < -0.39 is 6.23 Å². The molecule has 0 spiro atoms. The summed E-state index contributed by atoms with van der Waals surface area (Å²) in [7, 11) is 1.73. The van der Waals surface area contributed by atoms with E-state index in [-0.39, 0.29) is 35.4 Å². The molecule has 35 heavy (non-hydrogen) atoms. The minimum Gasteiger partial charge on any atom is -0.506 e. The maximum Gasteiger partial charge on any atom is 0.305 e. The van der Waals surface area contributed by atoms with Crippen molar-refractivity contribution in [3.05, 3.63) is 62.8 Å². The van der Waals surface area contributed by atoms with Gasteiger partial charge in [0.15, 0.2) is 0 Å². The number of aromatic amines is 1. The standard InChI is InChI=1S/C25H35N3O4S.2ClH/c1-17(2)10-12-28(16-32-3)15-19-6-4-5-18(13-19)9-11-26-22(30)14-20-7-8-21(29)23-24(20)33-25(31)27-23;;/h4-8,13,17,22,26,29-30H,9-12,14-16H2,1-3H3,(H,27,31);2*1H. The molecule has 0 aliphatic heterocycles. The van der Waals surface area contributed by atoms with Crippen molar-refractivity contribution in [3.8, 4) is 5.75 Å². The fourth-order valence-corrected chi connectivity index (χ4v) is 4.73. The molecular formula is C25H37Cl2N3O4S. The molecular weight excluding hydrogens is 509 g/mol. The molecule has 7 nitrogen and oxygen atoms in total. The molecule has 0 amide bonds. The Kier molecular flexibility index (Phi) is 13.9. The number of thiazole rings is 1. The highest BCUT2D eigenvalue weighted by atomic mass is 35.5. The second-order valence-electron chi connectivity index (χ2n) is 8.86. The Balaban J connectivity index is 0.00000306. The third-order valence-corrected chi connectivity index (χ3v) is 6.54. The van der Waals surface area contributed by atoms with E-state index in [1.165, 1.54) is 11.1 Å². The lowest BCUT2D eigenvalue weighted by molar-refractivity contribution is 0.0547. The van der Waals surface area contributed by atoms with Crippen LogP contribution in [0.3, 0.4) is 0 Å². The second-order valence-corrected chi connectivity index (χ2v) is 9.84. The van der Waals surface area contributed by atoms with Crippen molar-refractivity contribution in [2.45, 2.75) is 45.9 Å². The van der Waals surface area contributed by atoms with E-state index in [1.54, 1.807) is 19.2 Å². The molecule has 1 atom stereocenters. The summed E-state index contributed by atoms with van der Waals surface area (Å²) in [6.07, 6.45) is 1.54. The molecule has 0 bridgehead atoms. The van der Waals surface area contributed by atoms with Crippen LogP contribution in [0.15, 0.2) is 41.2 Å². The monoisotopic (exact) mass is 545 g/mol. The highest BCUT2D eigenvalue weighted by Crippen LogP contribution is 2.28. The van der Waals surface area contributed by atoms with Crippen molar-refractivity contribution in [2.75, 3.05) is 26.9 Å². The maximum absolute atomic E-state index is 11.7. The van der Waals surface area contributed by atoms with Crippen LogP contribution >= 0.6 is 36.2 Å². The summed E-state index contributed by atoms with van der Waals surface area (Å²) >= 11 is 1.05. The van der Waals surface area contributed by atoms with Crippen LogP contribution in [0.5, 0.6) is 5.75 Å². The lowest BCUT2D eigenvalue weighted by Crippen LogP contribution is -2.32. The molecule has 0 aliphatic carbocycles. The number of nitrogens with zero attached hydrogens (tertiary/aromatic N) is 1. The first kappa shape index (κ1) is 31.4. The second kappa shape index (κ2) is 15.5. The highest BCUT2D eigenvalue weighted by molar-refractivity contribution is 7.16. The number of methoxy groups -OCH3 is 1. The van der Waals surface area contributed by atoms with Crippen molar-refractivity contribution in [3.63, 3.8) is 0 Å². The normalized spacial score (nSPS) is 12.1. The predicted molar refractivity (Wildman–Crippen MR) is 148 cm³/mol. The van der Waals surface area contributed by atoms with E-state index in [9.17, 15) is 15.0 Å². The maximum atomic E-state index is 11.7. The molecule has 3 rings (SSSR count). The van der Waals surface area contributed by atoms with E-state index in [1.807, 2.05) is 0 Å². The number of halogens is 2. The third-order valence-electron chi connectivity index (χ3n) is 5.58. The molecule has 4 N–H and O–H groups in total. The summed E-state index contributed by atoms with van der Waals surface area (Å²) in [6.45, 7) is 7.56. The van der Waals surface area contributed by atoms with Gasteiger partial charge in [0.1, 0.15) is 17.5 Å². The Labute approximate surface area is 223 Å². The summed E-state index contributed by atoms with van der Waals surface area (Å²) in [6, 6.07) is 11.8. The van der Waals surface area contributed by atoms with Crippen LogP contribution in [0.25, 0.3) is 10.2 Å². The molecule has 0 fully saturated rings. The first-order chi connectivity index (χ1) is 15.9. The predicted octanol–water partition coefficient (Wildman–Crippen LogP) is 4.28. The van der Waals surface area contributed by atoms with Crippen LogP contribution in [0.2, 0.25) is 0 Å². The number of H-pyrrole nitrogens is 1. The number of hydrogen-bond donors (Lipinski definition) is 4. The number of hydrogen-bond acceptors (Lipinski definition) is 7. The van der Waals surface area contributed by atoms with Gasteiger partial charge in [0.25, 0.3) is 0 Å². The van der Waals surface area contributed by atoms with Crippen LogP contribution in [-0.4, -0.2) is 53.3 Å². The number of rotatable bonds is 13. The zero-order valence-electron chi connectivity index (χ0n) is 20.5. The Morgan fingerprint density at radius 1 is 1.17 bits per heavy atom. The van der Waals surface area contributed by atoms with Crippen LogP contribution in [0.1, 0.15) is 37.0 Å². The Morgan fingerprint density at radius 2 is 1.91 bits per heavy atom. The molecule has 1 unspecified atom stereocenters. The number of aromatic hydroxyl groups is 1. The van der Waals surface area contributed by atoms with Crippen molar-refractivity contribution in [1.82, 2.24) is 15.2 Å². The molecule has 0 radical (unpaired) electrons. The largest absolute Gasteiger partial charge is 0.506 e. The number of benzene rings is 2. The van der Waals surface area contributed by atoms with Gasteiger partial charge in [-0.3, -0.25) is 15.0 Å². The average molecular weight is 547 g/mol. The Morgan fingerprint density at radius 3 is 2.63 bits per heavy atom. The Bertz CT molecular complexity index is 1090. The van der Waals surface area contributed by atoms with Gasteiger partial charge in [-0.05, 0) is 41.5 Å². The number of ether oxygens (including phenoxy) is 1. The van der Waals surface area contributed by atoms with Crippen molar-refractivity contribution >= 4 is 46.4 Å². The van der Waals surface area contributed by atoms with Crippen LogP contribution in [-0.2, 0) is 24.1 Å². The lowest BCUT2D eigenvalue weighted by Gasteiger charge is -2.22. The van der Waals surface area contributed by atoms with Gasteiger partial charge in [0.05, 0.1) is 11.4 Å². The summed E-state index contributed by atoms with van der Waals surface area (Å²) in [5.74, 6) is 0.703. The zero-order valence-corrected chi connectivity index (χ0v) is 22.9. The highest BCUT2D eigenvalue weighted by Gasteiger charge is 2.13. The molecule has 3 aromatic rings. The quantitative estimate of drug-likeness (QED) is 0.239. The van der Waals surface area contributed by atoms with Crippen molar-refractivity contribution < 1.29 is 14.9 Å². The minimum absolute atomic E-state index is 0. The van der Waals surface area contributed by atoms with Gasteiger partial charge in [-0.2, -0.15) is 0 Å². The number of nitrogens with one attached hydrogen (secondary N) is 2. The van der Waals surface area contributed by atoms with Crippen LogP contribution in [0, 0.1) is 5.92 Å². The first-order valence-corrected chi connectivity index (χ1v) is 12.2. The molecule has 2 aromatic carbocycles. The number of aliphatic hydroxyl groups excluding tert-OH is 1. The van der Waals surface area contributed by atoms with Gasteiger partial charge in [0, 0.05) is 33.2 Å². The topological polar surface area (TPSA) is 97.8 Å². The van der Waals surface area contributed by atoms with Gasteiger partial charge >= 0.3 is 4.87 Å². The van der Waals surface area contributed by atoms with E-state index in [0.29, 0.717) is 35.8 Å². The summed E-state index contributed by atoms with van der Waals surface area (Å²) in [5, 5.41) is 23.6. The number of fused-ring (bicyclic) bond motifs is 1. The lowest BCUT2D eigenvalue weighted by atomic mass is 10.1. The fraction of sp³-hybridized carbons (Fsp3) is 0.480. The number of aromatic nitrogens is 1. The Hall–Kier alpha value is -1.65. The van der Waals surface area contributed by atoms with Crippen LogP contribution in [0.4, 0.5) is 0 Å². The van der Waals surface area contributed by atoms with E-state index in [4.69, 9.17) is 4.74 Å². The van der Waals surface area contributed by atoms with Crippen molar-refractivity contribution in [1.29, 1.82) is 0 Å². The molecule has 1 aromatic heterocycles. The van der Waals surface area contributed by atoms with Gasteiger partial charge in [-0.15, -0.1) is 24.8 Å².